The summed E-state index contributed by atoms with van der Waals surface area (Å²) in [6.07, 6.45) is 0. The highest BCUT2D eigenvalue weighted by molar-refractivity contribution is 9.10. The second-order valence-electron chi connectivity index (χ2n) is 1.91. The summed E-state index contributed by atoms with van der Waals surface area (Å²) >= 11 is 2.88. The molecule has 12 heavy (non-hydrogen) atoms. The Morgan fingerprint density at radius 2 is 2.58 bits per heavy atom. The maximum atomic E-state index is 11.5. The van der Waals surface area contributed by atoms with E-state index in [1.165, 1.54) is 0 Å². The lowest BCUT2D eigenvalue weighted by Crippen LogP contribution is -2.08. The van der Waals surface area contributed by atoms with E-state index in [0.717, 1.165) is 7.11 Å². The van der Waals surface area contributed by atoms with Gasteiger partial charge in [-0.05, 0) is 22.8 Å². The maximum Gasteiger partial charge on any atom is 0.357 e. The average molecular weight is 239 g/mol. The number of esters is 1. The molecule has 0 spiro atoms. The van der Waals surface area contributed by atoms with Gasteiger partial charge in [-0.1, -0.05) is 0 Å². The van der Waals surface area contributed by atoms with Crippen molar-refractivity contribution in [1.29, 1.82) is 0 Å². The van der Waals surface area contributed by atoms with E-state index in [4.69, 9.17) is 8.22 Å². The zero-order chi connectivity index (χ0) is 14.3. The molecule has 1 rings (SSSR count). The number of ether oxygens (including phenoxy) is 1. The topological polar surface area (TPSA) is 44.1 Å². The van der Waals surface area contributed by atoms with E-state index < -0.39 is 31.2 Å². The molecular formula is C7H9BrN2O2. The first-order valence-electron chi connectivity index (χ1n) is 5.88. The summed E-state index contributed by atoms with van der Waals surface area (Å²) in [4.78, 5) is 11.5. The number of aryl methyl sites for hydroxylation is 2. The Bertz CT molecular complexity index is 478. The molecule has 4 nitrogen and oxygen atoms in total. The lowest BCUT2D eigenvalue weighted by Gasteiger charge is -1.98. The fourth-order valence-corrected chi connectivity index (χ4v) is 1.08. The van der Waals surface area contributed by atoms with Crippen LogP contribution < -0.4 is 0 Å². The highest BCUT2D eigenvalue weighted by atomic mass is 79.9. The molecule has 5 heteroatoms. The van der Waals surface area contributed by atoms with Crippen molar-refractivity contribution < 1.29 is 17.8 Å². The van der Waals surface area contributed by atoms with E-state index in [1.807, 2.05) is 0 Å². The van der Waals surface area contributed by atoms with Gasteiger partial charge in [-0.25, -0.2) is 4.79 Å². The third kappa shape index (κ3) is 1.36. The van der Waals surface area contributed by atoms with E-state index in [1.54, 1.807) is 0 Å². The van der Waals surface area contributed by atoms with Crippen molar-refractivity contribution in [3.05, 3.63) is 15.9 Å². The van der Waals surface area contributed by atoms with Crippen molar-refractivity contribution in [2.45, 2.75) is 6.85 Å². The molecule has 0 fully saturated rings. The van der Waals surface area contributed by atoms with Crippen LogP contribution in [0.4, 0.5) is 0 Å². The highest BCUT2D eigenvalue weighted by Crippen LogP contribution is 2.20. The Hall–Kier alpha value is -0.840. The molecule has 66 valence electrons. The van der Waals surface area contributed by atoms with Crippen molar-refractivity contribution in [1.82, 2.24) is 9.78 Å². The van der Waals surface area contributed by atoms with E-state index in [2.05, 4.69) is 25.8 Å². The van der Waals surface area contributed by atoms with Crippen LogP contribution >= 0.6 is 15.9 Å². The highest BCUT2D eigenvalue weighted by Gasteiger charge is 2.18. The normalized spacial score (nSPS) is 19.5. The first kappa shape index (κ1) is 3.91. The van der Waals surface area contributed by atoms with Crippen LogP contribution in [0.5, 0.6) is 0 Å². The molecule has 1 aromatic heterocycles. The van der Waals surface area contributed by atoms with Gasteiger partial charge in [-0.15, -0.1) is 0 Å². The van der Waals surface area contributed by atoms with Gasteiger partial charge in [0.25, 0.3) is 0 Å². The summed E-state index contributed by atoms with van der Waals surface area (Å²) < 4.78 is 47.9. The molecule has 0 bridgehead atoms. The van der Waals surface area contributed by atoms with Gasteiger partial charge in [0.05, 0.1) is 17.3 Å². The van der Waals surface area contributed by atoms with Crippen LogP contribution in [-0.2, 0) is 11.7 Å². The average Bonchev–Trinajstić information content (AvgIpc) is 2.53. The minimum Gasteiger partial charge on any atom is -0.464 e. The van der Waals surface area contributed by atoms with Gasteiger partial charge in [0, 0.05) is 15.2 Å². The predicted octanol–water partition coefficient (Wildman–Crippen LogP) is 1.28. The van der Waals surface area contributed by atoms with Crippen LogP contribution in [-0.4, -0.2) is 22.9 Å². The Morgan fingerprint density at radius 3 is 3.08 bits per heavy atom. The van der Waals surface area contributed by atoms with E-state index >= 15 is 0 Å². The van der Waals surface area contributed by atoms with Crippen molar-refractivity contribution in [3.63, 3.8) is 0 Å². The molecule has 0 unspecified atom stereocenters. The molecule has 0 aliphatic heterocycles. The zero-order valence-electron chi connectivity index (χ0n) is 12.1. The third-order valence-electron chi connectivity index (χ3n) is 1.21. The number of hydrogen-bond donors (Lipinski definition) is 0. The molecule has 0 aliphatic rings. The van der Waals surface area contributed by atoms with Gasteiger partial charge < -0.3 is 4.74 Å². The molecule has 0 N–H and O–H groups in total. The van der Waals surface area contributed by atoms with Gasteiger partial charge in [0.2, 0.25) is 0 Å². The number of nitrogens with zero attached hydrogens (tertiary/aromatic N) is 2. The van der Waals surface area contributed by atoms with Crippen LogP contribution in [0.25, 0.3) is 0 Å². The van der Waals surface area contributed by atoms with E-state index in [-0.39, 0.29) is 4.47 Å². The van der Waals surface area contributed by atoms with Crippen molar-refractivity contribution >= 4 is 21.9 Å². The predicted molar refractivity (Wildman–Crippen MR) is 47.0 cm³/mol. The Balaban J connectivity index is 3.57. The third-order valence-corrected chi connectivity index (χ3v) is 1.96. The quantitative estimate of drug-likeness (QED) is 0.693. The molecule has 0 aliphatic carbocycles. The summed E-state index contributed by atoms with van der Waals surface area (Å²) in [5.41, 5.74) is -0.956. The largest absolute Gasteiger partial charge is 0.464 e. The summed E-state index contributed by atoms with van der Waals surface area (Å²) in [6.45, 7) is -5.42. The second-order valence-corrected chi connectivity index (χ2v) is 2.71. The Kier molecular flexibility index (Phi) is 1.06. The maximum absolute atomic E-state index is 11.5. The number of methoxy groups -OCH3 is 1. The fraction of sp³-hybridized carbons (Fsp3) is 0.429. The smallest absolute Gasteiger partial charge is 0.357 e. The van der Waals surface area contributed by atoms with Crippen LogP contribution in [0.2, 0.25) is 0 Å². The Morgan fingerprint density at radius 1 is 1.83 bits per heavy atom. The van der Waals surface area contributed by atoms with Gasteiger partial charge in [0.15, 0.2) is 5.69 Å². The molecule has 0 aromatic carbocycles. The first-order valence-corrected chi connectivity index (χ1v) is 3.67. The van der Waals surface area contributed by atoms with Gasteiger partial charge >= 0.3 is 5.97 Å². The van der Waals surface area contributed by atoms with Crippen LogP contribution in [0.1, 0.15) is 24.4 Å². The van der Waals surface area contributed by atoms with Crippen LogP contribution in [0.15, 0.2) is 4.47 Å². The van der Waals surface area contributed by atoms with E-state index in [9.17, 15) is 4.79 Å². The number of halogens is 1. The lowest BCUT2D eigenvalue weighted by atomic mass is 10.4. The molecule has 0 amide bonds. The van der Waals surface area contributed by atoms with Crippen LogP contribution in [0.3, 0.4) is 0 Å². The number of carbonyl (C=O) groups is 1. The van der Waals surface area contributed by atoms with Crippen LogP contribution in [0, 0.1) is 6.85 Å². The molecule has 0 saturated carbocycles. The zero-order valence-corrected chi connectivity index (χ0v) is 7.67. The summed E-state index contributed by atoms with van der Waals surface area (Å²) in [5, 5.41) is 3.47. The first-order chi connectivity index (χ1) is 8.00. The number of carbonyl (C=O) groups excluding carboxylic acids is 1. The molecule has 0 saturated heterocycles. The number of aromatic nitrogens is 2. The van der Waals surface area contributed by atoms with Crippen molar-refractivity contribution in [2.24, 2.45) is 6.98 Å². The number of hydrogen-bond acceptors (Lipinski definition) is 3. The van der Waals surface area contributed by atoms with Crippen molar-refractivity contribution in [3.8, 4) is 0 Å². The summed E-state index contributed by atoms with van der Waals surface area (Å²) in [6, 6.07) is 0. The monoisotopic (exact) mass is 238 g/mol. The lowest BCUT2D eigenvalue weighted by molar-refractivity contribution is 0.0587. The summed E-state index contributed by atoms with van der Waals surface area (Å²) in [7, 11) is 1.06. The summed E-state index contributed by atoms with van der Waals surface area (Å²) in [5.74, 6) is -0.985. The molecule has 1 heterocycles. The van der Waals surface area contributed by atoms with Gasteiger partial charge in [-0.2, -0.15) is 5.10 Å². The molecule has 1 aromatic rings. The Labute approximate surface area is 87.1 Å². The SMILES string of the molecule is [2H]C([2H])([2H])c1nn(C([2H])([2H])[2H])c(C(=O)OC)c1Br. The van der Waals surface area contributed by atoms with Gasteiger partial charge in [0.1, 0.15) is 0 Å². The molecule has 0 radical (unpaired) electrons. The van der Waals surface area contributed by atoms with Crippen molar-refractivity contribution in [2.75, 3.05) is 7.11 Å². The molecule has 0 atom stereocenters. The number of rotatable bonds is 1. The van der Waals surface area contributed by atoms with Gasteiger partial charge in [-0.3, -0.25) is 4.68 Å². The minimum absolute atomic E-state index is 0.203. The molecular weight excluding hydrogens is 224 g/mol. The minimum atomic E-state index is -2.78. The standard InChI is InChI=1S/C7H9BrN2O2/c1-4-5(8)6(7(11)12-3)10(2)9-4/h1-3H3/i1D3,2D3. The second kappa shape index (κ2) is 3.26. The van der Waals surface area contributed by atoms with E-state index in [0.29, 0.717) is 4.68 Å². The fourth-order valence-electron chi connectivity index (χ4n) is 0.672.